The fraction of sp³-hybridized carbons (Fsp3) is 0.600. The van der Waals surface area contributed by atoms with Crippen molar-refractivity contribution in [2.75, 3.05) is 0 Å². The monoisotopic (exact) mass is 426 g/mol. The van der Waals surface area contributed by atoms with Gasteiger partial charge in [0.1, 0.15) is 0 Å². The molecule has 0 spiro atoms. The van der Waals surface area contributed by atoms with Crippen LogP contribution >= 0.6 is 0 Å². The van der Waals surface area contributed by atoms with Crippen LogP contribution < -0.4 is 29.6 Å². The standard InChI is InChI=1S/C12H25.C8H8O2.Na.H2O4S/c1-3-5-7-9-11-12-10-8-6-4-2;1-6-4-2-3-5-7(6)8(9)10;;1-5(2,3)4/h1,3-12H2,2H3;2-5H,1H3,(H,9,10);;(H2,1,2,3,4)/q-1;;+1;. The molecule has 6 nitrogen and oxygen atoms in total. The Morgan fingerprint density at radius 3 is 1.64 bits per heavy atom. The van der Waals surface area contributed by atoms with Gasteiger partial charge in [0.15, 0.2) is 0 Å². The molecule has 0 aliphatic rings. The van der Waals surface area contributed by atoms with Crippen LogP contribution in [-0.2, 0) is 10.4 Å². The summed E-state index contributed by atoms with van der Waals surface area (Å²) in [7, 11) is -4.67. The quantitative estimate of drug-likeness (QED) is 0.230. The van der Waals surface area contributed by atoms with Gasteiger partial charge in [0, 0.05) is 0 Å². The van der Waals surface area contributed by atoms with Crippen molar-refractivity contribution < 1.29 is 57.0 Å². The molecule has 0 heterocycles. The van der Waals surface area contributed by atoms with E-state index in [0.717, 1.165) is 12.0 Å². The van der Waals surface area contributed by atoms with E-state index in [1.807, 2.05) is 6.07 Å². The number of unbranched alkanes of at least 4 members (excludes halogenated alkanes) is 9. The molecule has 158 valence electrons. The summed E-state index contributed by atoms with van der Waals surface area (Å²) < 4.78 is 31.6. The third-order valence-corrected chi connectivity index (χ3v) is 3.73. The van der Waals surface area contributed by atoms with Gasteiger partial charge in [-0.2, -0.15) is 14.8 Å². The number of carboxylic acid groups (broad SMARTS) is 1. The molecule has 0 saturated carbocycles. The van der Waals surface area contributed by atoms with Gasteiger partial charge in [-0.05, 0) is 18.6 Å². The van der Waals surface area contributed by atoms with Gasteiger partial charge in [0.05, 0.1) is 5.56 Å². The first-order valence-corrected chi connectivity index (χ1v) is 10.8. The molecule has 0 fully saturated rings. The first kappa shape index (κ1) is 32.2. The Morgan fingerprint density at radius 2 is 1.32 bits per heavy atom. The summed E-state index contributed by atoms with van der Waals surface area (Å²) >= 11 is 0. The number of rotatable bonds is 10. The molecule has 3 N–H and O–H groups in total. The Bertz CT molecular complexity index is 572. The third-order valence-electron chi connectivity index (χ3n) is 3.73. The number of hydrogen-bond donors (Lipinski definition) is 3. The summed E-state index contributed by atoms with van der Waals surface area (Å²) in [4.78, 5) is 10.4. The minimum absolute atomic E-state index is 0. The van der Waals surface area contributed by atoms with Crippen LogP contribution in [0.2, 0.25) is 0 Å². The van der Waals surface area contributed by atoms with Crippen molar-refractivity contribution in [2.45, 2.75) is 78.1 Å². The van der Waals surface area contributed by atoms with E-state index in [2.05, 4.69) is 13.8 Å². The second-order valence-electron chi connectivity index (χ2n) is 6.25. The molecule has 0 amide bonds. The zero-order valence-electron chi connectivity index (χ0n) is 17.6. The fourth-order valence-electron chi connectivity index (χ4n) is 2.30. The first-order chi connectivity index (χ1) is 12.6. The van der Waals surface area contributed by atoms with Gasteiger partial charge in [0.2, 0.25) is 0 Å². The minimum atomic E-state index is -4.67. The number of carbonyl (C=O) groups is 1. The number of hydrogen-bond acceptors (Lipinski definition) is 3. The number of carboxylic acids is 1. The molecule has 0 saturated heterocycles. The van der Waals surface area contributed by atoms with Crippen LogP contribution in [0.3, 0.4) is 0 Å². The summed E-state index contributed by atoms with van der Waals surface area (Å²) in [5.41, 5.74) is 1.18. The van der Waals surface area contributed by atoms with E-state index in [-0.39, 0.29) is 29.6 Å². The average Bonchev–Trinajstić information content (AvgIpc) is 2.56. The van der Waals surface area contributed by atoms with E-state index in [4.69, 9.17) is 22.6 Å². The van der Waals surface area contributed by atoms with Crippen molar-refractivity contribution in [3.8, 4) is 0 Å². The van der Waals surface area contributed by atoms with Gasteiger partial charge in [-0.15, -0.1) is 0 Å². The Labute approximate surface area is 193 Å². The van der Waals surface area contributed by atoms with Crippen LogP contribution in [-0.4, -0.2) is 28.6 Å². The Morgan fingerprint density at radius 1 is 0.929 bits per heavy atom. The van der Waals surface area contributed by atoms with E-state index in [1.54, 1.807) is 25.1 Å². The molecule has 0 aliphatic carbocycles. The number of aryl methyl sites for hydroxylation is 1. The smallest absolute Gasteiger partial charge is 0.478 e. The third kappa shape index (κ3) is 27.8. The molecule has 0 atom stereocenters. The Balaban J connectivity index is -0.000000354. The van der Waals surface area contributed by atoms with Gasteiger partial charge in [-0.25, -0.2) is 4.79 Å². The Kier molecular flexibility index (Phi) is 24.5. The van der Waals surface area contributed by atoms with E-state index in [9.17, 15) is 4.79 Å². The maximum Gasteiger partial charge on any atom is 1.00 e. The fourth-order valence-corrected chi connectivity index (χ4v) is 2.30. The van der Waals surface area contributed by atoms with Crippen LogP contribution in [0.25, 0.3) is 0 Å². The maximum absolute atomic E-state index is 10.4. The van der Waals surface area contributed by atoms with Gasteiger partial charge in [-0.1, -0.05) is 82.9 Å². The molecule has 1 rings (SSSR count). The van der Waals surface area contributed by atoms with E-state index in [0.29, 0.717) is 5.56 Å². The summed E-state index contributed by atoms with van der Waals surface area (Å²) in [6.07, 6.45) is 13.9. The molecular formula is C20H35NaO6S. The topological polar surface area (TPSA) is 112 Å². The summed E-state index contributed by atoms with van der Waals surface area (Å²) in [6, 6.07) is 6.92. The molecule has 1 aromatic rings. The number of aromatic carboxylic acids is 1. The summed E-state index contributed by atoms with van der Waals surface area (Å²) in [5, 5.41) is 8.57. The average molecular weight is 427 g/mol. The molecule has 1 aromatic carbocycles. The zero-order chi connectivity index (χ0) is 21.1. The van der Waals surface area contributed by atoms with Crippen LogP contribution in [0.1, 0.15) is 87.1 Å². The Hall–Kier alpha value is -0.440. The van der Waals surface area contributed by atoms with E-state index < -0.39 is 16.4 Å². The van der Waals surface area contributed by atoms with Crippen molar-refractivity contribution in [3.63, 3.8) is 0 Å². The van der Waals surface area contributed by atoms with Crippen molar-refractivity contribution in [1.29, 1.82) is 0 Å². The molecular weight excluding hydrogens is 391 g/mol. The molecule has 0 unspecified atom stereocenters. The predicted molar refractivity (Wildman–Crippen MR) is 110 cm³/mol. The molecule has 28 heavy (non-hydrogen) atoms. The molecule has 0 aliphatic heterocycles. The molecule has 8 heteroatoms. The summed E-state index contributed by atoms with van der Waals surface area (Å²) in [5.74, 6) is -0.863. The second-order valence-corrected chi connectivity index (χ2v) is 7.15. The molecule has 0 aromatic heterocycles. The van der Waals surface area contributed by atoms with Gasteiger partial charge >= 0.3 is 45.9 Å². The van der Waals surface area contributed by atoms with Gasteiger partial charge < -0.3 is 12.0 Å². The molecule has 0 radical (unpaired) electrons. The van der Waals surface area contributed by atoms with Crippen LogP contribution in [0, 0.1) is 13.8 Å². The minimum Gasteiger partial charge on any atom is -0.478 e. The molecule has 0 bridgehead atoms. The van der Waals surface area contributed by atoms with Crippen LogP contribution in [0.4, 0.5) is 0 Å². The van der Waals surface area contributed by atoms with Gasteiger partial charge in [0.25, 0.3) is 0 Å². The number of benzene rings is 1. The van der Waals surface area contributed by atoms with Crippen molar-refractivity contribution in [3.05, 3.63) is 42.3 Å². The zero-order valence-corrected chi connectivity index (χ0v) is 20.4. The first-order valence-electron chi connectivity index (χ1n) is 9.41. The van der Waals surface area contributed by atoms with Gasteiger partial charge in [-0.3, -0.25) is 9.11 Å². The largest absolute Gasteiger partial charge is 1.00 e. The van der Waals surface area contributed by atoms with Crippen LogP contribution in [0.15, 0.2) is 24.3 Å². The van der Waals surface area contributed by atoms with Crippen LogP contribution in [0.5, 0.6) is 0 Å². The van der Waals surface area contributed by atoms with Crippen molar-refractivity contribution in [2.24, 2.45) is 0 Å². The van der Waals surface area contributed by atoms with E-state index in [1.165, 1.54) is 57.8 Å². The van der Waals surface area contributed by atoms with Crippen molar-refractivity contribution in [1.82, 2.24) is 0 Å². The van der Waals surface area contributed by atoms with E-state index >= 15 is 0 Å². The normalized spacial score (nSPS) is 9.89. The SMILES string of the molecule is Cc1ccccc1C(=O)O.O=S(=O)(O)O.[CH2-]CCCCCCCCCCC.[Na+]. The maximum atomic E-state index is 10.4. The van der Waals surface area contributed by atoms with Crippen molar-refractivity contribution >= 4 is 16.4 Å². The summed E-state index contributed by atoms with van der Waals surface area (Å²) in [6.45, 7) is 7.90. The second kappa shape index (κ2) is 21.3. The predicted octanol–water partition coefficient (Wildman–Crippen LogP) is 2.79.